The zero-order chi connectivity index (χ0) is 13.8. The second-order valence-electron chi connectivity index (χ2n) is 4.32. The number of aryl methyl sites for hydroxylation is 1. The van der Waals surface area contributed by atoms with Gasteiger partial charge in [-0.05, 0) is 31.2 Å². The van der Waals surface area contributed by atoms with Crippen LogP contribution >= 0.6 is 11.6 Å². The number of carbonyl (C=O) groups excluding carboxylic acids is 1. The van der Waals surface area contributed by atoms with E-state index in [0.29, 0.717) is 17.3 Å². The smallest absolute Gasteiger partial charge is 0.225 e. The summed E-state index contributed by atoms with van der Waals surface area (Å²) in [4.78, 5) is 15.5. The first-order valence-electron chi connectivity index (χ1n) is 6.12. The van der Waals surface area contributed by atoms with Crippen LogP contribution in [0, 0.1) is 6.92 Å². The number of anilines is 1. The third-order valence-electron chi connectivity index (χ3n) is 2.78. The van der Waals surface area contributed by atoms with Crippen LogP contribution in [-0.4, -0.2) is 10.9 Å². The van der Waals surface area contributed by atoms with Crippen molar-refractivity contribution in [2.24, 2.45) is 0 Å². The maximum absolute atomic E-state index is 11.3. The lowest BCUT2D eigenvalue weighted by Gasteiger charge is -2.07. The van der Waals surface area contributed by atoms with E-state index in [0.717, 1.165) is 16.7 Å². The third-order valence-corrected chi connectivity index (χ3v) is 3.11. The summed E-state index contributed by atoms with van der Waals surface area (Å²) in [7, 11) is 0. The first-order chi connectivity index (χ1) is 9.10. The first-order valence-corrected chi connectivity index (χ1v) is 6.50. The number of aromatic nitrogens is 1. The Balaban J connectivity index is 2.27. The molecule has 0 aliphatic carbocycles. The molecule has 1 amide bonds. The fourth-order valence-electron chi connectivity index (χ4n) is 1.72. The van der Waals surface area contributed by atoms with E-state index in [1.165, 1.54) is 0 Å². The molecule has 0 spiro atoms. The topological polar surface area (TPSA) is 42.0 Å². The number of hydrogen-bond donors (Lipinski definition) is 1. The van der Waals surface area contributed by atoms with Gasteiger partial charge in [-0.1, -0.05) is 30.2 Å². The van der Waals surface area contributed by atoms with Crippen molar-refractivity contribution < 1.29 is 4.79 Å². The molecule has 0 fully saturated rings. The average Bonchev–Trinajstić information content (AvgIpc) is 2.42. The fourth-order valence-corrected chi connectivity index (χ4v) is 1.95. The van der Waals surface area contributed by atoms with Gasteiger partial charge in [-0.2, -0.15) is 0 Å². The highest BCUT2D eigenvalue weighted by Crippen LogP contribution is 2.28. The summed E-state index contributed by atoms with van der Waals surface area (Å²) in [6, 6.07) is 9.54. The van der Waals surface area contributed by atoms with E-state index in [9.17, 15) is 4.79 Å². The van der Waals surface area contributed by atoms with E-state index in [4.69, 9.17) is 11.6 Å². The Bertz CT molecular complexity index is 594. The summed E-state index contributed by atoms with van der Waals surface area (Å²) >= 11 is 6.18. The van der Waals surface area contributed by atoms with Gasteiger partial charge < -0.3 is 5.32 Å². The van der Waals surface area contributed by atoms with Crippen LogP contribution in [0.15, 0.2) is 36.5 Å². The van der Waals surface area contributed by atoms with Crippen molar-refractivity contribution in [2.45, 2.75) is 20.3 Å². The lowest BCUT2D eigenvalue weighted by atomic mass is 10.1. The van der Waals surface area contributed by atoms with E-state index in [-0.39, 0.29) is 5.91 Å². The van der Waals surface area contributed by atoms with Crippen molar-refractivity contribution in [3.63, 3.8) is 0 Å². The molecule has 19 heavy (non-hydrogen) atoms. The number of benzene rings is 1. The molecule has 0 saturated carbocycles. The lowest BCUT2D eigenvalue weighted by molar-refractivity contribution is -0.115. The van der Waals surface area contributed by atoms with Crippen molar-refractivity contribution >= 4 is 23.3 Å². The highest BCUT2D eigenvalue weighted by atomic mass is 35.5. The molecule has 0 aliphatic heterocycles. The lowest BCUT2D eigenvalue weighted by Crippen LogP contribution is -2.10. The molecule has 1 heterocycles. The predicted octanol–water partition coefficient (Wildman–Crippen LogP) is 4.06. The van der Waals surface area contributed by atoms with Crippen LogP contribution in [0.25, 0.3) is 11.1 Å². The summed E-state index contributed by atoms with van der Waals surface area (Å²) in [5.41, 5.74) is 3.02. The van der Waals surface area contributed by atoms with Crippen LogP contribution in [-0.2, 0) is 4.79 Å². The first kappa shape index (κ1) is 13.6. The minimum absolute atomic E-state index is 0.0474. The van der Waals surface area contributed by atoms with E-state index < -0.39 is 0 Å². The van der Waals surface area contributed by atoms with Crippen molar-refractivity contribution in [3.05, 3.63) is 47.1 Å². The standard InChI is InChI=1S/C15H15ClN2O/c1-3-15(19)18-14-7-5-11(9-17-14)12-8-10(2)4-6-13(12)16/h4-9H,3H2,1-2H3,(H,17,18,19). The van der Waals surface area contributed by atoms with Gasteiger partial charge in [0.15, 0.2) is 0 Å². The molecule has 4 heteroatoms. The minimum Gasteiger partial charge on any atom is -0.311 e. The Hall–Kier alpha value is -1.87. The van der Waals surface area contributed by atoms with Gasteiger partial charge >= 0.3 is 0 Å². The van der Waals surface area contributed by atoms with E-state index >= 15 is 0 Å². The van der Waals surface area contributed by atoms with Gasteiger partial charge in [-0.15, -0.1) is 0 Å². The SMILES string of the molecule is CCC(=O)Nc1ccc(-c2cc(C)ccc2Cl)cn1. The van der Waals surface area contributed by atoms with E-state index in [1.807, 2.05) is 31.2 Å². The number of nitrogens with one attached hydrogen (secondary N) is 1. The van der Waals surface area contributed by atoms with Gasteiger partial charge in [0.05, 0.1) is 0 Å². The van der Waals surface area contributed by atoms with Crippen LogP contribution in [0.4, 0.5) is 5.82 Å². The molecular formula is C15H15ClN2O. The van der Waals surface area contributed by atoms with Crippen molar-refractivity contribution in [1.29, 1.82) is 0 Å². The molecule has 0 saturated heterocycles. The van der Waals surface area contributed by atoms with Crippen molar-refractivity contribution in [3.8, 4) is 11.1 Å². The Morgan fingerprint density at radius 2 is 2.11 bits per heavy atom. The Kier molecular flexibility index (Phi) is 4.17. The van der Waals surface area contributed by atoms with Crippen molar-refractivity contribution in [1.82, 2.24) is 4.98 Å². The highest BCUT2D eigenvalue weighted by molar-refractivity contribution is 6.33. The van der Waals surface area contributed by atoms with Gasteiger partial charge in [0.1, 0.15) is 5.82 Å². The second kappa shape index (κ2) is 5.85. The molecule has 0 bridgehead atoms. The number of hydrogen-bond acceptors (Lipinski definition) is 2. The Morgan fingerprint density at radius 3 is 2.74 bits per heavy atom. The monoisotopic (exact) mass is 274 g/mol. The molecule has 98 valence electrons. The zero-order valence-electron chi connectivity index (χ0n) is 10.9. The minimum atomic E-state index is -0.0474. The van der Waals surface area contributed by atoms with Crippen molar-refractivity contribution in [2.75, 3.05) is 5.32 Å². The van der Waals surface area contributed by atoms with Crippen LogP contribution in [0.5, 0.6) is 0 Å². The summed E-state index contributed by atoms with van der Waals surface area (Å²) in [6.07, 6.45) is 2.15. The zero-order valence-corrected chi connectivity index (χ0v) is 11.7. The molecular weight excluding hydrogens is 260 g/mol. The van der Waals surface area contributed by atoms with Crippen LogP contribution in [0.3, 0.4) is 0 Å². The van der Waals surface area contributed by atoms with Crippen LogP contribution in [0.2, 0.25) is 5.02 Å². The molecule has 0 unspecified atom stereocenters. The Morgan fingerprint density at radius 1 is 1.32 bits per heavy atom. The molecule has 1 N–H and O–H groups in total. The molecule has 0 atom stereocenters. The van der Waals surface area contributed by atoms with Crippen LogP contribution in [0.1, 0.15) is 18.9 Å². The molecule has 0 aliphatic rings. The normalized spacial score (nSPS) is 10.3. The molecule has 3 nitrogen and oxygen atoms in total. The Labute approximate surface area is 117 Å². The van der Waals surface area contributed by atoms with Gasteiger partial charge in [-0.3, -0.25) is 4.79 Å². The number of halogens is 1. The van der Waals surface area contributed by atoms with Crippen LogP contribution < -0.4 is 5.32 Å². The summed E-state index contributed by atoms with van der Waals surface area (Å²) < 4.78 is 0. The molecule has 2 aromatic rings. The van der Waals surface area contributed by atoms with Gasteiger partial charge in [0.2, 0.25) is 5.91 Å². The van der Waals surface area contributed by atoms with E-state index in [1.54, 1.807) is 19.2 Å². The van der Waals surface area contributed by atoms with Gasteiger partial charge in [0, 0.05) is 28.8 Å². The number of rotatable bonds is 3. The number of carbonyl (C=O) groups is 1. The maximum Gasteiger partial charge on any atom is 0.225 e. The molecule has 2 rings (SSSR count). The molecule has 0 radical (unpaired) electrons. The summed E-state index contributed by atoms with van der Waals surface area (Å²) in [6.45, 7) is 3.82. The number of pyridine rings is 1. The van der Waals surface area contributed by atoms with E-state index in [2.05, 4.69) is 10.3 Å². The number of nitrogens with zero attached hydrogens (tertiary/aromatic N) is 1. The highest BCUT2D eigenvalue weighted by Gasteiger charge is 2.05. The van der Waals surface area contributed by atoms with Gasteiger partial charge in [0.25, 0.3) is 0 Å². The predicted molar refractivity (Wildman–Crippen MR) is 78.3 cm³/mol. The molecule has 1 aromatic heterocycles. The number of amides is 1. The largest absolute Gasteiger partial charge is 0.311 e. The fraction of sp³-hybridized carbons (Fsp3) is 0.200. The quantitative estimate of drug-likeness (QED) is 0.917. The maximum atomic E-state index is 11.3. The van der Waals surface area contributed by atoms with Gasteiger partial charge in [-0.25, -0.2) is 4.98 Å². The summed E-state index contributed by atoms with van der Waals surface area (Å²) in [5, 5.41) is 3.41. The average molecular weight is 275 g/mol. The third kappa shape index (κ3) is 3.32. The summed E-state index contributed by atoms with van der Waals surface area (Å²) in [5.74, 6) is 0.508. The molecule has 1 aromatic carbocycles. The second-order valence-corrected chi connectivity index (χ2v) is 4.72.